The van der Waals surface area contributed by atoms with Crippen molar-refractivity contribution in [1.82, 2.24) is 4.57 Å². The van der Waals surface area contributed by atoms with Crippen molar-refractivity contribution in [2.75, 3.05) is 0 Å². The number of ether oxygens (including phenoxy) is 2. The maximum absolute atomic E-state index is 7.09. The topological polar surface area (TPSA) is 23.4 Å². The van der Waals surface area contributed by atoms with Crippen LogP contribution in [0.4, 0.5) is 0 Å². The molecule has 8 aromatic carbocycles. The van der Waals surface area contributed by atoms with Crippen molar-refractivity contribution < 1.29 is 9.47 Å². The molecule has 0 aliphatic carbocycles. The number of hydrogen-bond donors (Lipinski definition) is 0. The molecular formula is C49H31NO2. The number of fused-ring (bicyclic) bond motifs is 11. The minimum atomic E-state index is -0.718. The van der Waals surface area contributed by atoms with Gasteiger partial charge in [0.25, 0.3) is 0 Å². The average Bonchev–Trinajstić information content (AvgIpc) is 3.55. The van der Waals surface area contributed by atoms with Gasteiger partial charge in [-0.3, -0.25) is 0 Å². The molecule has 0 saturated heterocycles. The Morgan fingerprint density at radius 1 is 0.385 bits per heavy atom. The molecule has 3 heterocycles. The highest BCUT2D eigenvalue weighted by molar-refractivity contribution is 6.10. The van der Waals surface area contributed by atoms with Gasteiger partial charge in [0, 0.05) is 44.3 Å². The van der Waals surface area contributed by atoms with E-state index in [4.69, 9.17) is 9.47 Å². The molecule has 0 N–H and O–H groups in total. The van der Waals surface area contributed by atoms with Gasteiger partial charge in [-0.2, -0.15) is 0 Å². The van der Waals surface area contributed by atoms with E-state index in [1.165, 1.54) is 21.8 Å². The lowest BCUT2D eigenvalue weighted by atomic mass is 9.60. The molecule has 3 nitrogen and oxygen atoms in total. The van der Waals surface area contributed by atoms with Crippen molar-refractivity contribution in [3.05, 3.63) is 210 Å². The second kappa shape index (κ2) is 11.1. The molecule has 0 radical (unpaired) electrons. The van der Waals surface area contributed by atoms with Crippen molar-refractivity contribution >= 4 is 21.8 Å². The van der Waals surface area contributed by atoms with E-state index >= 15 is 0 Å². The standard InChI is InChI=1S/C49H31NO2/c1-3-15-32(16-4-1)35-20-14-28-46-47(35)49(39-22-8-11-26-44(39)51-46)40-23-9-12-27-45(40)52-48-36(21-13-24-41(48)49)33-29-30-43-38(31-33)37-19-7-10-25-42(37)50(43)34-17-5-2-6-18-34/h1-31H. The number of aromatic nitrogens is 1. The molecule has 1 aromatic heterocycles. The van der Waals surface area contributed by atoms with E-state index in [-0.39, 0.29) is 0 Å². The number of rotatable bonds is 3. The molecule has 2 aliphatic rings. The Labute approximate surface area is 301 Å². The van der Waals surface area contributed by atoms with Crippen LogP contribution in [-0.4, -0.2) is 4.57 Å². The number of benzene rings is 8. The lowest BCUT2D eigenvalue weighted by Crippen LogP contribution is -2.37. The smallest absolute Gasteiger partial charge is 0.140 e. The number of para-hydroxylation sites is 5. The predicted octanol–water partition coefficient (Wildman–Crippen LogP) is 12.7. The highest BCUT2D eigenvalue weighted by atomic mass is 16.5. The molecule has 244 valence electrons. The molecule has 3 heteroatoms. The zero-order chi connectivity index (χ0) is 34.2. The first-order valence-electron chi connectivity index (χ1n) is 17.8. The van der Waals surface area contributed by atoms with Crippen LogP contribution < -0.4 is 9.47 Å². The summed E-state index contributed by atoms with van der Waals surface area (Å²) in [7, 11) is 0. The van der Waals surface area contributed by atoms with E-state index in [1.807, 2.05) is 0 Å². The molecule has 52 heavy (non-hydrogen) atoms. The van der Waals surface area contributed by atoms with Gasteiger partial charge in [0.15, 0.2) is 0 Å². The predicted molar refractivity (Wildman–Crippen MR) is 210 cm³/mol. The molecule has 11 rings (SSSR count). The summed E-state index contributed by atoms with van der Waals surface area (Å²) < 4.78 is 16.2. The molecule has 0 saturated carbocycles. The Bertz CT molecular complexity index is 2840. The second-order valence-electron chi connectivity index (χ2n) is 13.6. The monoisotopic (exact) mass is 665 g/mol. The first kappa shape index (κ1) is 28.9. The molecule has 2 aliphatic heterocycles. The van der Waals surface area contributed by atoms with Crippen LogP contribution in [0.3, 0.4) is 0 Å². The third-order valence-electron chi connectivity index (χ3n) is 10.9. The minimum Gasteiger partial charge on any atom is -0.457 e. The minimum absolute atomic E-state index is 0.718. The van der Waals surface area contributed by atoms with Gasteiger partial charge in [0.1, 0.15) is 23.0 Å². The largest absolute Gasteiger partial charge is 0.457 e. The van der Waals surface area contributed by atoms with Gasteiger partial charge in [0.2, 0.25) is 0 Å². The van der Waals surface area contributed by atoms with E-state index in [1.54, 1.807) is 0 Å². The van der Waals surface area contributed by atoms with Crippen LogP contribution in [-0.2, 0) is 5.41 Å². The van der Waals surface area contributed by atoms with Gasteiger partial charge in [-0.25, -0.2) is 0 Å². The third kappa shape index (κ3) is 3.96. The van der Waals surface area contributed by atoms with Crippen LogP contribution in [0.2, 0.25) is 0 Å². The molecule has 0 fully saturated rings. The van der Waals surface area contributed by atoms with Crippen molar-refractivity contribution in [3.8, 4) is 50.9 Å². The average molecular weight is 666 g/mol. The second-order valence-corrected chi connectivity index (χ2v) is 13.6. The zero-order valence-corrected chi connectivity index (χ0v) is 28.2. The fourth-order valence-electron chi connectivity index (χ4n) is 8.83. The molecule has 1 atom stereocenters. The van der Waals surface area contributed by atoms with Crippen LogP contribution in [0.25, 0.3) is 49.7 Å². The summed E-state index contributed by atoms with van der Waals surface area (Å²) >= 11 is 0. The van der Waals surface area contributed by atoms with Crippen LogP contribution in [0.5, 0.6) is 23.0 Å². The Morgan fingerprint density at radius 3 is 1.79 bits per heavy atom. The van der Waals surface area contributed by atoms with Crippen LogP contribution in [0.1, 0.15) is 22.3 Å². The van der Waals surface area contributed by atoms with E-state index in [2.05, 4.69) is 193 Å². The molecule has 0 amide bonds. The maximum Gasteiger partial charge on any atom is 0.140 e. The fourth-order valence-corrected chi connectivity index (χ4v) is 8.83. The van der Waals surface area contributed by atoms with Gasteiger partial charge >= 0.3 is 0 Å². The Hall–Kier alpha value is -6.84. The summed E-state index contributed by atoms with van der Waals surface area (Å²) in [5.74, 6) is 3.40. The number of nitrogens with zero attached hydrogens (tertiary/aromatic N) is 1. The van der Waals surface area contributed by atoms with E-state index in [9.17, 15) is 0 Å². The van der Waals surface area contributed by atoms with Gasteiger partial charge in [-0.15, -0.1) is 0 Å². The van der Waals surface area contributed by atoms with Gasteiger partial charge < -0.3 is 14.0 Å². The first-order chi connectivity index (χ1) is 25.8. The summed E-state index contributed by atoms with van der Waals surface area (Å²) in [6, 6.07) is 66.9. The highest BCUT2D eigenvalue weighted by Crippen LogP contribution is 2.64. The quantitative estimate of drug-likeness (QED) is 0.187. The summed E-state index contributed by atoms with van der Waals surface area (Å²) in [6.07, 6.45) is 0. The Balaban J connectivity index is 1.22. The van der Waals surface area contributed by atoms with Gasteiger partial charge in [-0.1, -0.05) is 140 Å². The first-order valence-corrected chi connectivity index (χ1v) is 17.8. The summed E-state index contributed by atoms with van der Waals surface area (Å²) in [5, 5.41) is 2.42. The summed E-state index contributed by atoms with van der Waals surface area (Å²) in [6.45, 7) is 0. The zero-order valence-electron chi connectivity index (χ0n) is 28.2. The Morgan fingerprint density at radius 2 is 0.981 bits per heavy atom. The van der Waals surface area contributed by atoms with Crippen LogP contribution in [0.15, 0.2) is 188 Å². The van der Waals surface area contributed by atoms with Crippen molar-refractivity contribution in [1.29, 1.82) is 0 Å². The van der Waals surface area contributed by atoms with Crippen LogP contribution in [0, 0.1) is 0 Å². The Kier molecular flexibility index (Phi) is 6.17. The van der Waals surface area contributed by atoms with E-state index in [0.717, 1.165) is 73.2 Å². The van der Waals surface area contributed by atoms with Crippen molar-refractivity contribution in [3.63, 3.8) is 0 Å². The van der Waals surface area contributed by atoms with Gasteiger partial charge in [0.05, 0.1) is 16.4 Å². The van der Waals surface area contributed by atoms with Crippen molar-refractivity contribution in [2.45, 2.75) is 5.41 Å². The van der Waals surface area contributed by atoms with E-state index < -0.39 is 5.41 Å². The normalized spacial score (nSPS) is 15.3. The van der Waals surface area contributed by atoms with Crippen molar-refractivity contribution in [2.24, 2.45) is 0 Å². The SMILES string of the molecule is c1ccc(-c2cccc3c2C2(c4ccccc4O3)c3ccccc3Oc3c(-c4ccc5c(c4)c4ccccc4n5-c4ccccc4)cccc32)cc1. The fraction of sp³-hybridized carbons (Fsp3) is 0.0204. The van der Waals surface area contributed by atoms with Gasteiger partial charge in [-0.05, 0) is 65.2 Å². The maximum atomic E-state index is 7.09. The van der Waals surface area contributed by atoms with Crippen LogP contribution >= 0.6 is 0 Å². The summed E-state index contributed by atoms with van der Waals surface area (Å²) in [4.78, 5) is 0. The third-order valence-corrected chi connectivity index (χ3v) is 10.9. The highest BCUT2D eigenvalue weighted by Gasteiger charge is 2.52. The lowest BCUT2D eigenvalue weighted by Gasteiger charge is -2.46. The lowest BCUT2D eigenvalue weighted by molar-refractivity contribution is 0.401. The molecule has 1 spiro atoms. The molecular weight excluding hydrogens is 635 g/mol. The van der Waals surface area contributed by atoms with E-state index in [0.29, 0.717) is 0 Å². The number of hydrogen-bond acceptors (Lipinski definition) is 2. The molecule has 1 unspecified atom stereocenters. The molecule has 9 aromatic rings. The molecule has 0 bridgehead atoms. The summed E-state index contributed by atoms with van der Waals surface area (Å²) in [5.41, 5.74) is 11.6.